The molecule has 0 radical (unpaired) electrons. The molecule has 3 rings (SSSR count). The molecule has 29 heavy (non-hydrogen) atoms. The molecule has 1 aliphatic rings. The molecular weight excluding hydrogens is 364 g/mol. The van der Waals surface area contributed by atoms with Gasteiger partial charge >= 0.3 is 5.97 Å². The Labute approximate surface area is 173 Å². The van der Waals surface area contributed by atoms with Crippen LogP contribution in [0.3, 0.4) is 0 Å². The van der Waals surface area contributed by atoms with Gasteiger partial charge in [-0.3, -0.25) is 4.79 Å². The van der Waals surface area contributed by atoms with Crippen molar-refractivity contribution in [1.29, 1.82) is 0 Å². The van der Waals surface area contributed by atoms with E-state index in [4.69, 9.17) is 9.57 Å². The molecule has 1 aromatic carbocycles. The molecule has 1 saturated carbocycles. The number of pyridine rings is 1. The molecule has 1 heterocycles. The van der Waals surface area contributed by atoms with Crippen molar-refractivity contribution in [1.82, 2.24) is 4.98 Å². The standard InChI is InChI=1S/C24H30N2O3/c1-23(2,3)16-29-25-14-19-21(24(19,4)5)22(27)28-15-18-12-9-13-20(26-18)17-10-7-6-8-11-17/h6-14,19,21H,15-16H2,1-5H3. The van der Waals surface area contributed by atoms with Gasteiger partial charge in [-0.15, -0.1) is 0 Å². The monoisotopic (exact) mass is 394 g/mol. The number of carbonyl (C=O) groups excluding carboxylic acids is 1. The second-order valence-corrected chi connectivity index (χ2v) is 9.40. The molecule has 2 atom stereocenters. The van der Waals surface area contributed by atoms with E-state index >= 15 is 0 Å². The van der Waals surface area contributed by atoms with Crippen molar-refractivity contribution >= 4 is 12.2 Å². The lowest BCUT2D eigenvalue weighted by atomic mass is 9.99. The predicted octanol–water partition coefficient (Wildman–Crippen LogP) is 5.11. The number of aromatic nitrogens is 1. The number of oxime groups is 1. The SMILES string of the molecule is CC(C)(C)CON=CC1C(C(=O)OCc2cccc(-c3ccccc3)n2)C1(C)C. The Kier molecular flexibility index (Phi) is 6.06. The molecule has 0 bridgehead atoms. The Balaban J connectivity index is 1.55. The van der Waals surface area contributed by atoms with E-state index in [0.29, 0.717) is 6.61 Å². The number of carbonyl (C=O) groups is 1. The Morgan fingerprint density at radius 1 is 1.14 bits per heavy atom. The summed E-state index contributed by atoms with van der Waals surface area (Å²) in [5, 5.41) is 4.07. The Morgan fingerprint density at radius 3 is 2.55 bits per heavy atom. The summed E-state index contributed by atoms with van der Waals surface area (Å²) in [7, 11) is 0. The van der Waals surface area contributed by atoms with E-state index in [1.54, 1.807) is 6.21 Å². The minimum atomic E-state index is -0.214. The summed E-state index contributed by atoms with van der Waals surface area (Å²) in [5.41, 5.74) is 2.51. The van der Waals surface area contributed by atoms with Gasteiger partial charge in [0, 0.05) is 17.7 Å². The summed E-state index contributed by atoms with van der Waals surface area (Å²) in [6, 6.07) is 15.7. The van der Waals surface area contributed by atoms with Gasteiger partial charge in [0.05, 0.1) is 17.3 Å². The second kappa shape index (κ2) is 8.36. The molecule has 5 heteroatoms. The fraction of sp³-hybridized carbons (Fsp3) is 0.458. The van der Waals surface area contributed by atoms with Gasteiger partial charge in [0.25, 0.3) is 0 Å². The van der Waals surface area contributed by atoms with Gasteiger partial charge in [0.2, 0.25) is 0 Å². The van der Waals surface area contributed by atoms with E-state index in [1.807, 2.05) is 62.4 Å². The molecule has 1 fully saturated rings. The van der Waals surface area contributed by atoms with Crippen molar-refractivity contribution < 1.29 is 14.4 Å². The van der Waals surface area contributed by atoms with Crippen molar-refractivity contribution in [2.45, 2.75) is 41.2 Å². The molecule has 1 aromatic heterocycles. The highest BCUT2D eigenvalue weighted by molar-refractivity contribution is 5.85. The van der Waals surface area contributed by atoms with Crippen LogP contribution in [-0.2, 0) is 21.0 Å². The maximum absolute atomic E-state index is 12.6. The third-order valence-electron chi connectivity index (χ3n) is 5.20. The van der Waals surface area contributed by atoms with Gasteiger partial charge in [0.1, 0.15) is 13.2 Å². The highest BCUT2D eigenvalue weighted by atomic mass is 16.6. The molecule has 0 N–H and O–H groups in total. The van der Waals surface area contributed by atoms with Crippen molar-refractivity contribution in [3.05, 3.63) is 54.2 Å². The summed E-state index contributed by atoms with van der Waals surface area (Å²) >= 11 is 0. The van der Waals surface area contributed by atoms with Gasteiger partial charge in [-0.25, -0.2) is 4.98 Å². The molecule has 2 unspecified atom stereocenters. The van der Waals surface area contributed by atoms with E-state index in [1.165, 1.54) is 0 Å². The highest BCUT2D eigenvalue weighted by Crippen LogP contribution is 2.57. The quantitative estimate of drug-likeness (QED) is 0.372. The number of hydrogen-bond acceptors (Lipinski definition) is 5. The molecule has 1 aliphatic carbocycles. The summed E-state index contributed by atoms with van der Waals surface area (Å²) < 4.78 is 5.57. The molecule has 0 amide bonds. The van der Waals surface area contributed by atoms with Crippen LogP contribution >= 0.6 is 0 Å². The van der Waals surface area contributed by atoms with Gasteiger partial charge in [0.15, 0.2) is 0 Å². The van der Waals surface area contributed by atoms with Crippen LogP contribution in [0.4, 0.5) is 0 Å². The van der Waals surface area contributed by atoms with Crippen LogP contribution < -0.4 is 0 Å². The summed E-state index contributed by atoms with van der Waals surface area (Å²) in [4.78, 5) is 22.6. The lowest BCUT2D eigenvalue weighted by Crippen LogP contribution is -2.12. The minimum absolute atomic E-state index is 0.0265. The maximum Gasteiger partial charge on any atom is 0.310 e. The Hall–Kier alpha value is -2.69. The number of rotatable bonds is 7. The highest BCUT2D eigenvalue weighted by Gasteiger charge is 2.62. The summed E-state index contributed by atoms with van der Waals surface area (Å²) in [5.74, 6) is -0.394. The van der Waals surface area contributed by atoms with Crippen LogP contribution in [0.15, 0.2) is 53.7 Å². The lowest BCUT2D eigenvalue weighted by molar-refractivity contribution is -0.147. The third kappa shape index (κ3) is 5.43. The van der Waals surface area contributed by atoms with Crippen molar-refractivity contribution in [3.63, 3.8) is 0 Å². The average molecular weight is 395 g/mol. The first-order valence-electron chi connectivity index (χ1n) is 10.0. The largest absolute Gasteiger partial charge is 0.459 e. The number of hydrogen-bond donors (Lipinski definition) is 0. The Bertz CT molecular complexity index is 869. The van der Waals surface area contributed by atoms with Crippen LogP contribution in [0.5, 0.6) is 0 Å². The second-order valence-electron chi connectivity index (χ2n) is 9.40. The zero-order chi connectivity index (χ0) is 21.1. The zero-order valence-electron chi connectivity index (χ0n) is 17.9. The van der Waals surface area contributed by atoms with Crippen LogP contribution in [0.1, 0.15) is 40.3 Å². The van der Waals surface area contributed by atoms with E-state index in [0.717, 1.165) is 17.0 Å². The van der Waals surface area contributed by atoms with Crippen LogP contribution in [0.2, 0.25) is 0 Å². The fourth-order valence-corrected chi connectivity index (χ4v) is 3.31. The summed E-state index contributed by atoms with van der Waals surface area (Å²) in [6.45, 7) is 11.1. The van der Waals surface area contributed by atoms with Crippen molar-refractivity contribution in [2.24, 2.45) is 27.8 Å². The predicted molar refractivity (Wildman–Crippen MR) is 114 cm³/mol. The maximum atomic E-state index is 12.6. The normalized spacial score (nSPS) is 20.4. The molecule has 0 spiro atoms. The van der Waals surface area contributed by atoms with E-state index in [2.05, 4.69) is 30.9 Å². The van der Waals surface area contributed by atoms with E-state index < -0.39 is 0 Å². The third-order valence-corrected chi connectivity index (χ3v) is 5.20. The van der Waals surface area contributed by atoms with E-state index in [-0.39, 0.29) is 35.2 Å². The molecule has 0 aliphatic heterocycles. The number of esters is 1. The van der Waals surface area contributed by atoms with Gasteiger partial charge in [-0.05, 0) is 23.0 Å². The first-order valence-corrected chi connectivity index (χ1v) is 10.0. The molecule has 2 aromatic rings. The number of ether oxygens (including phenoxy) is 1. The number of benzene rings is 1. The molecule has 0 saturated heterocycles. The molecular formula is C24H30N2O3. The first kappa shape index (κ1) is 21.0. The smallest absolute Gasteiger partial charge is 0.310 e. The van der Waals surface area contributed by atoms with Crippen molar-refractivity contribution in [2.75, 3.05) is 6.61 Å². The van der Waals surface area contributed by atoms with Gasteiger partial charge in [-0.2, -0.15) is 0 Å². The van der Waals surface area contributed by atoms with Gasteiger partial charge < -0.3 is 9.57 Å². The number of nitrogens with zero attached hydrogens (tertiary/aromatic N) is 2. The van der Waals surface area contributed by atoms with Crippen LogP contribution in [0, 0.1) is 22.7 Å². The topological polar surface area (TPSA) is 60.8 Å². The van der Waals surface area contributed by atoms with Crippen LogP contribution in [-0.4, -0.2) is 23.8 Å². The van der Waals surface area contributed by atoms with Crippen molar-refractivity contribution in [3.8, 4) is 11.3 Å². The molecule has 5 nitrogen and oxygen atoms in total. The molecule has 154 valence electrons. The van der Waals surface area contributed by atoms with Gasteiger partial charge in [-0.1, -0.05) is 76.2 Å². The fourth-order valence-electron chi connectivity index (χ4n) is 3.31. The lowest BCUT2D eigenvalue weighted by Gasteiger charge is -2.15. The van der Waals surface area contributed by atoms with E-state index in [9.17, 15) is 4.79 Å². The summed E-state index contributed by atoms with van der Waals surface area (Å²) in [6.07, 6.45) is 1.74. The van der Waals surface area contributed by atoms with Crippen LogP contribution in [0.25, 0.3) is 11.3 Å². The zero-order valence-corrected chi connectivity index (χ0v) is 17.9. The first-order chi connectivity index (χ1) is 13.7. The Morgan fingerprint density at radius 2 is 1.86 bits per heavy atom. The minimum Gasteiger partial charge on any atom is -0.459 e. The average Bonchev–Trinajstić information content (AvgIpc) is 3.24.